The molecule has 0 aromatic heterocycles. The van der Waals surface area contributed by atoms with E-state index in [-0.39, 0.29) is 6.10 Å². The summed E-state index contributed by atoms with van der Waals surface area (Å²) in [6, 6.07) is 0. The van der Waals surface area contributed by atoms with Crippen molar-refractivity contribution < 1.29 is 5.11 Å². The Morgan fingerprint density at radius 2 is 1.50 bits per heavy atom. The second-order valence-electron chi connectivity index (χ2n) is 4.65. The molecule has 0 heterocycles. The minimum absolute atomic E-state index is 0.0650. The predicted molar refractivity (Wildman–Crippen MR) is 63.4 cm³/mol. The van der Waals surface area contributed by atoms with Crippen LogP contribution < -0.4 is 0 Å². The van der Waals surface area contributed by atoms with E-state index >= 15 is 0 Å². The van der Waals surface area contributed by atoms with E-state index in [1.54, 1.807) is 0 Å². The van der Waals surface area contributed by atoms with Crippen LogP contribution in [-0.2, 0) is 0 Å². The quantitative estimate of drug-likeness (QED) is 0.628. The minimum atomic E-state index is -0.0650. The minimum Gasteiger partial charge on any atom is -0.393 e. The van der Waals surface area contributed by atoms with Gasteiger partial charge in [0.15, 0.2) is 0 Å². The summed E-state index contributed by atoms with van der Waals surface area (Å²) in [4.78, 5) is 0. The molecule has 0 saturated carbocycles. The smallest absolute Gasteiger partial charge is 0.0570 e. The highest BCUT2D eigenvalue weighted by Gasteiger charge is 2.19. The van der Waals surface area contributed by atoms with Gasteiger partial charge in [0, 0.05) is 0 Å². The molecule has 86 valence electrons. The van der Waals surface area contributed by atoms with Gasteiger partial charge in [-0.1, -0.05) is 47.0 Å². The Labute approximate surface area is 89.9 Å². The molecule has 1 nitrogen and oxygen atoms in total. The maximum atomic E-state index is 10.1. The van der Waals surface area contributed by atoms with E-state index in [4.69, 9.17) is 0 Å². The van der Waals surface area contributed by atoms with Crippen LogP contribution in [0, 0.1) is 11.8 Å². The standard InChI is InChI=1S/C13H28O/c1-5-8-12(9-6-2)13(14)10-11(4)7-3/h11-14H,5-10H2,1-4H3. The lowest BCUT2D eigenvalue weighted by atomic mass is 9.87. The molecule has 0 rings (SSSR count). The zero-order chi connectivity index (χ0) is 11.0. The van der Waals surface area contributed by atoms with Crippen molar-refractivity contribution in [2.75, 3.05) is 0 Å². The molecule has 0 saturated heterocycles. The molecule has 0 aliphatic rings. The molecule has 0 aromatic carbocycles. The lowest BCUT2D eigenvalue weighted by Crippen LogP contribution is -2.22. The van der Waals surface area contributed by atoms with Gasteiger partial charge in [-0.05, 0) is 31.1 Å². The zero-order valence-electron chi connectivity index (χ0n) is 10.4. The van der Waals surface area contributed by atoms with Gasteiger partial charge >= 0.3 is 0 Å². The largest absolute Gasteiger partial charge is 0.393 e. The van der Waals surface area contributed by atoms with Crippen molar-refractivity contribution in [3.63, 3.8) is 0 Å². The van der Waals surface area contributed by atoms with Crippen LogP contribution in [0.15, 0.2) is 0 Å². The average molecular weight is 200 g/mol. The Morgan fingerprint density at radius 3 is 1.86 bits per heavy atom. The molecule has 2 atom stereocenters. The van der Waals surface area contributed by atoms with Gasteiger partial charge in [-0.3, -0.25) is 0 Å². The SMILES string of the molecule is CCCC(CCC)C(O)CC(C)CC. The molecule has 0 spiro atoms. The first-order valence-electron chi connectivity index (χ1n) is 6.33. The summed E-state index contributed by atoms with van der Waals surface area (Å²) in [5, 5.41) is 10.1. The van der Waals surface area contributed by atoms with Gasteiger partial charge in [0.25, 0.3) is 0 Å². The summed E-state index contributed by atoms with van der Waals surface area (Å²) in [5.74, 6) is 1.21. The van der Waals surface area contributed by atoms with E-state index in [1.807, 2.05) is 0 Å². The summed E-state index contributed by atoms with van der Waals surface area (Å²) in [6.07, 6.45) is 6.87. The number of hydrogen-bond donors (Lipinski definition) is 1. The number of rotatable bonds is 8. The maximum Gasteiger partial charge on any atom is 0.0570 e. The Hall–Kier alpha value is -0.0400. The third-order valence-corrected chi connectivity index (χ3v) is 3.20. The first-order valence-corrected chi connectivity index (χ1v) is 6.33. The Kier molecular flexibility index (Phi) is 8.26. The average Bonchev–Trinajstić information content (AvgIpc) is 2.17. The molecule has 0 amide bonds. The molecular formula is C13H28O. The second kappa shape index (κ2) is 8.28. The number of aliphatic hydroxyl groups excluding tert-OH is 1. The highest BCUT2D eigenvalue weighted by molar-refractivity contribution is 4.70. The van der Waals surface area contributed by atoms with Crippen molar-refractivity contribution in [2.24, 2.45) is 11.8 Å². The van der Waals surface area contributed by atoms with E-state index in [0.717, 1.165) is 6.42 Å². The highest BCUT2D eigenvalue weighted by atomic mass is 16.3. The van der Waals surface area contributed by atoms with E-state index in [9.17, 15) is 5.11 Å². The summed E-state index contributed by atoms with van der Waals surface area (Å²) in [7, 11) is 0. The van der Waals surface area contributed by atoms with Crippen LogP contribution in [0.3, 0.4) is 0 Å². The van der Waals surface area contributed by atoms with Crippen LogP contribution >= 0.6 is 0 Å². The molecule has 0 aliphatic carbocycles. The van der Waals surface area contributed by atoms with Crippen LogP contribution in [0.2, 0.25) is 0 Å². The topological polar surface area (TPSA) is 20.2 Å². The Morgan fingerprint density at radius 1 is 1.00 bits per heavy atom. The Balaban J connectivity index is 3.92. The van der Waals surface area contributed by atoms with Crippen molar-refractivity contribution in [3.8, 4) is 0 Å². The third-order valence-electron chi connectivity index (χ3n) is 3.20. The van der Waals surface area contributed by atoms with E-state index in [2.05, 4.69) is 27.7 Å². The van der Waals surface area contributed by atoms with Crippen LogP contribution in [-0.4, -0.2) is 11.2 Å². The van der Waals surface area contributed by atoms with Gasteiger partial charge in [0.05, 0.1) is 6.10 Å². The van der Waals surface area contributed by atoms with Crippen molar-refractivity contribution in [3.05, 3.63) is 0 Å². The fourth-order valence-corrected chi connectivity index (χ4v) is 2.04. The van der Waals surface area contributed by atoms with Gasteiger partial charge in [-0.2, -0.15) is 0 Å². The first-order chi connectivity index (χ1) is 6.65. The molecular weight excluding hydrogens is 172 g/mol. The zero-order valence-corrected chi connectivity index (χ0v) is 10.4. The van der Waals surface area contributed by atoms with Crippen molar-refractivity contribution in [1.29, 1.82) is 0 Å². The van der Waals surface area contributed by atoms with Crippen molar-refractivity contribution in [2.45, 2.75) is 72.3 Å². The summed E-state index contributed by atoms with van der Waals surface area (Å²) >= 11 is 0. The molecule has 0 radical (unpaired) electrons. The highest BCUT2D eigenvalue weighted by Crippen LogP contribution is 2.23. The Bertz CT molecular complexity index is 116. The first kappa shape index (κ1) is 14.0. The van der Waals surface area contributed by atoms with Gasteiger partial charge in [-0.15, -0.1) is 0 Å². The molecule has 1 heteroatoms. The molecule has 0 fully saturated rings. The normalized spacial score (nSPS) is 15.9. The number of aliphatic hydroxyl groups is 1. The van der Waals surface area contributed by atoms with Crippen LogP contribution in [0.25, 0.3) is 0 Å². The summed E-state index contributed by atoms with van der Waals surface area (Å²) < 4.78 is 0. The summed E-state index contributed by atoms with van der Waals surface area (Å²) in [6.45, 7) is 8.85. The van der Waals surface area contributed by atoms with Crippen molar-refractivity contribution in [1.82, 2.24) is 0 Å². The fraction of sp³-hybridized carbons (Fsp3) is 1.00. The molecule has 0 bridgehead atoms. The van der Waals surface area contributed by atoms with Crippen molar-refractivity contribution >= 4 is 0 Å². The molecule has 0 aromatic rings. The predicted octanol–water partition coefficient (Wildman–Crippen LogP) is 4.00. The maximum absolute atomic E-state index is 10.1. The lowest BCUT2D eigenvalue weighted by Gasteiger charge is -2.24. The van der Waals surface area contributed by atoms with Gasteiger partial charge < -0.3 is 5.11 Å². The van der Waals surface area contributed by atoms with Gasteiger partial charge in [0.2, 0.25) is 0 Å². The fourth-order valence-electron chi connectivity index (χ4n) is 2.04. The second-order valence-corrected chi connectivity index (χ2v) is 4.65. The van der Waals surface area contributed by atoms with Gasteiger partial charge in [-0.25, -0.2) is 0 Å². The van der Waals surface area contributed by atoms with Crippen LogP contribution in [0.1, 0.15) is 66.2 Å². The molecule has 2 unspecified atom stereocenters. The third kappa shape index (κ3) is 5.64. The lowest BCUT2D eigenvalue weighted by molar-refractivity contribution is 0.0735. The summed E-state index contributed by atoms with van der Waals surface area (Å²) in [5.41, 5.74) is 0. The molecule has 14 heavy (non-hydrogen) atoms. The molecule has 0 aliphatic heterocycles. The van der Waals surface area contributed by atoms with Crippen LogP contribution in [0.5, 0.6) is 0 Å². The van der Waals surface area contributed by atoms with E-state index < -0.39 is 0 Å². The van der Waals surface area contributed by atoms with E-state index in [1.165, 1.54) is 32.1 Å². The number of hydrogen-bond acceptors (Lipinski definition) is 1. The van der Waals surface area contributed by atoms with Gasteiger partial charge in [0.1, 0.15) is 0 Å². The van der Waals surface area contributed by atoms with Crippen LogP contribution in [0.4, 0.5) is 0 Å². The van der Waals surface area contributed by atoms with E-state index in [0.29, 0.717) is 11.8 Å². The molecule has 1 N–H and O–H groups in total. The monoisotopic (exact) mass is 200 g/mol.